The number of hydrogen-bond acceptors (Lipinski definition) is 4. The van der Waals surface area contributed by atoms with Gasteiger partial charge in [0.05, 0.1) is 27.2 Å². The maximum Gasteiger partial charge on any atom is 0.306 e. The molecule has 0 bridgehead atoms. The molecule has 1 saturated heterocycles. The first-order valence-electron chi connectivity index (χ1n) is 5.59. The summed E-state index contributed by atoms with van der Waals surface area (Å²) in [7, 11) is 3.23. The van der Waals surface area contributed by atoms with Crippen molar-refractivity contribution in [1.82, 2.24) is 0 Å². The SMILES string of the molecule is COc1ccc(C[C@H]2COC(=O)C2)cc1OC. The molecule has 1 fully saturated rings. The van der Waals surface area contributed by atoms with Crippen LogP contribution in [0.1, 0.15) is 12.0 Å². The molecule has 0 saturated carbocycles. The van der Waals surface area contributed by atoms with Crippen LogP contribution in [0.25, 0.3) is 0 Å². The molecule has 0 N–H and O–H groups in total. The van der Waals surface area contributed by atoms with Gasteiger partial charge < -0.3 is 14.2 Å². The van der Waals surface area contributed by atoms with Crippen molar-refractivity contribution in [3.8, 4) is 11.5 Å². The van der Waals surface area contributed by atoms with E-state index in [1.165, 1.54) is 0 Å². The van der Waals surface area contributed by atoms with Gasteiger partial charge in [-0.15, -0.1) is 0 Å². The van der Waals surface area contributed by atoms with Crippen LogP contribution in [0, 0.1) is 5.92 Å². The van der Waals surface area contributed by atoms with E-state index in [2.05, 4.69) is 0 Å². The van der Waals surface area contributed by atoms with E-state index in [0.717, 1.165) is 23.5 Å². The highest BCUT2D eigenvalue weighted by Crippen LogP contribution is 2.29. The second-order valence-electron chi connectivity index (χ2n) is 4.15. The minimum absolute atomic E-state index is 0.101. The Morgan fingerprint density at radius 3 is 2.65 bits per heavy atom. The van der Waals surface area contributed by atoms with Gasteiger partial charge in [-0.05, 0) is 24.1 Å². The number of hydrogen-bond donors (Lipinski definition) is 0. The summed E-state index contributed by atoms with van der Waals surface area (Å²) in [5, 5.41) is 0. The average Bonchev–Trinajstić information content (AvgIpc) is 2.74. The molecule has 0 amide bonds. The molecule has 0 unspecified atom stereocenters. The molecule has 0 spiro atoms. The number of methoxy groups -OCH3 is 2. The highest BCUT2D eigenvalue weighted by atomic mass is 16.5. The monoisotopic (exact) mass is 236 g/mol. The minimum atomic E-state index is -0.101. The Kier molecular flexibility index (Phi) is 3.52. The van der Waals surface area contributed by atoms with E-state index in [4.69, 9.17) is 14.2 Å². The molecular formula is C13H16O4. The number of rotatable bonds is 4. The third kappa shape index (κ3) is 2.70. The van der Waals surface area contributed by atoms with E-state index in [9.17, 15) is 4.79 Å². The van der Waals surface area contributed by atoms with E-state index < -0.39 is 0 Å². The Bertz CT molecular complexity index is 414. The van der Waals surface area contributed by atoms with Crippen LogP contribution in [0.15, 0.2) is 18.2 Å². The number of cyclic esters (lactones) is 1. The zero-order valence-electron chi connectivity index (χ0n) is 10.1. The van der Waals surface area contributed by atoms with Crippen molar-refractivity contribution in [3.05, 3.63) is 23.8 Å². The van der Waals surface area contributed by atoms with Crippen LogP contribution in [0.2, 0.25) is 0 Å². The molecule has 4 heteroatoms. The fourth-order valence-electron chi connectivity index (χ4n) is 2.04. The van der Waals surface area contributed by atoms with Gasteiger partial charge in [0.15, 0.2) is 11.5 Å². The zero-order valence-corrected chi connectivity index (χ0v) is 10.1. The maximum atomic E-state index is 11.0. The van der Waals surface area contributed by atoms with Gasteiger partial charge in [-0.25, -0.2) is 0 Å². The fourth-order valence-corrected chi connectivity index (χ4v) is 2.04. The van der Waals surface area contributed by atoms with Gasteiger partial charge >= 0.3 is 5.97 Å². The highest BCUT2D eigenvalue weighted by Gasteiger charge is 2.24. The molecule has 1 aliphatic heterocycles. The van der Waals surface area contributed by atoms with Crippen molar-refractivity contribution in [2.24, 2.45) is 5.92 Å². The topological polar surface area (TPSA) is 44.8 Å². The lowest BCUT2D eigenvalue weighted by atomic mass is 9.98. The summed E-state index contributed by atoms with van der Waals surface area (Å²) >= 11 is 0. The first-order chi connectivity index (χ1) is 8.22. The van der Waals surface area contributed by atoms with E-state index in [-0.39, 0.29) is 11.9 Å². The average molecular weight is 236 g/mol. The normalized spacial score (nSPS) is 18.9. The molecule has 1 heterocycles. The largest absolute Gasteiger partial charge is 0.493 e. The molecule has 0 radical (unpaired) electrons. The lowest BCUT2D eigenvalue weighted by Crippen LogP contribution is -2.04. The number of carbonyl (C=O) groups is 1. The lowest BCUT2D eigenvalue weighted by Gasteiger charge is -2.11. The van der Waals surface area contributed by atoms with Gasteiger partial charge in [-0.3, -0.25) is 4.79 Å². The van der Waals surface area contributed by atoms with Crippen molar-refractivity contribution in [3.63, 3.8) is 0 Å². The highest BCUT2D eigenvalue weighted by molar-refractivity contribution is 5.71. The van der Waals surface area contributed by atoms with Crippen LogP contribution in [-0.4, -0.2) is 26.8 Å². The molecular weight excluding hydrogens is 220 g/mol. The Balaban J connectivity index is 2.08. The molecule has 0 aromatic heterocycles. The van der Waals surface area contributed by atoms with Crippen LogP contribution in [-0.2, 0) is 16.0 Å². The molecule has 1 atom stereocenters. The number of ether oxygens (including phenoxy) is 3. The van der Waals surface area contributed by atoms with Crippen molar-refractivity contribution in [1.29, 1.82) is 0 Å². The van der Waals surface area contributed by atoms with Crippen LogP contribution in [0.5, 0.6) is 11.5 Å². The quantitative estimate of drug-likeness (QED) is 0.748. The number of carbonyl (C=O) groups excluding carboxylic acids is 1. The fraction of sp³-hybridized carbons (Fsp3) is 0.462. The minimum Gasteiger partial charge on any atom is -0.493 e. The van der Waals surface area contributed by atoms with Crippen molar-refractivity contribution in [2.45, 2.75) is 12.8 Å². The molecule has 1 aliphatic rings. The summed E-state index contributed by atoms with van der Waals surface area (Å²) in [5.74, 6) is 1.61. The summed E-state index contributed by atoms with van der Waals surface area (Å²) in [6.07, 6.45) is 1.33. The first-order valence-corrected chi connectivity index (χ1v) is 5.59. The molecule has 0 aliphatic carbocycles. The van der Waals surface area contributed by atoms with Crippen molar-refractivity contribution < 1.29 is 19.0 Å². The Labute approximate surface area is 100 Å². The van der Waals surface area contributed by atoms with Crippen LogP contribution >= 0.6 is 0 Å². The predicted octanol–water partition coefficient (Wildman–Crippen LogP) is 1.81. The second-order valence-corrected chi connectivity index (χ2v) is 4.15. The molecule has 2 rings (SSSR count). The standard InChI is InChI=1S/C13H16O4/c1-15-11-4-3-9(6-12(11)16-2)5-10-7-13(14)17-8-10/h3-4,6,10H,5,7-8H2,1-2H3/t10-/m1/s1. The lowest BCUT2D eigenvalue weighted by molar-refractivity contribution is -0.137. The zero-order chi connectivity index (χ0) is 12.3. The van der Waals surface area contributed by atoms with Gasteiger partial charge in [0.2, 0.25) is 0 Å². The summed E-state index contributed by atoms with van der Waals surface area (Å²) in [5.41, 5.74) is 1.13. The van der Waals surface area contributed by atoms with Gasteiger partial charge in [-0.1, -0.05) is 6.07 Å². The van der Waals surface area contributed by atoms with Crippen LogP contribution in [0.3, 0.4) is 0 Å². The van der Waals surface area contributed by atoms with Crippen LogP contribution in [0.4, 0.5) is 0 Å². The Hall–Kier alpha value is -1.71. The van der Waals surface area contributed by atoms with Gasteiger partial charge in [0.1, 0.15) is 0 Å². The predicted molar refractivity (Wildman–Crippen MR) is 62.3 cm³/mol. The number of esters is 1. The van der Waals surface area contributed by atoms with E-state index in [0.29, 0.717) is 13.0 Å². The molecule has 4 nitrogen and oxygen atoms in total. The van der Waals surface area contributed by atoms with Gasteiger partial charge in [0.25, 0.3) is 0 Å². The summed E-state index contributed by atoms with van der Waals surface area (Å²) in [4.78, 5) is 11.0. The van der Waals surface area contributed by atoms with E-state index in [1.807, 2.05) is 18.2 Å². The van der Waals surface area contributed by atoms with Crippen molar-refractivity contribution in [2.75, 3.05) is 20.8 Å². The van der Waals surface area contributed by atoms with Gasteiger partial charge in [0, 0.05) is 5.92 Å². The Morgan fingerprint density at radius 2 is 2.06 bits per heavy atom. The second kappa shape index (κ2) is 5.08. The van der Waals surface area contributed by atoms with E-state index >= 15 is 0 Å². The third-order valence-electron chi connectivity index (χ3n) is 2.91. The van der Waals surface area contributed by atoms with Crippen LogP contribution < -0.4 is 9.47 Å². The van der Waals surface area contributed by atoms with E-state index in [1.54, 1.807) is 14.2 Å². The summed E-state index contributed by atoms with van der Waals surface area (Å²) < 4.78 is 15.4. The summed E-state index contributed by atoms with van der Waals surface area (Å²) in [6, 6.07) is 5.82. The molecule has 1 aromatic carbocycles. The first kappa shape index (κ1) is 11.8. The van der Waals surface area contributed by atoms with Gasteiger partial charge in [-0.2, -0.15) is 0 Å². The van der Waals surface area contributed by atoms with Crippen molar-refractivity contribution >= 4 is 5.97 Å². The smallest absolute Gasteiger partial charge is 0.306 e. The Morgan fingerprint density at radius 1 is 1.29 bits per heavy atom. The summed E-state index contributed by atoms with van der Waals surface area (Å²) in [6.45, 7) is 0.521. The maximum absolute atomic E-state index is 11.0. The molecule has 92 valence electrons. The molecule has 1 aromatic rings. The number of benzene rings is 1. The molecule has 17 heavy (non-hydrogen) atoms. The third-order valence-corrected chi connectivity index (χ3v) is 2.91.